The van der Waals surface area contributed by atoms with Crippen LogP contribution in [0.5, 0.6) is 0 Å². The topological polar surface area (TPSA) is 69.7 Å². The van der Waals surface area contributed by atoms with E-state index in [-0.39, 0.29) is 5.69 Å². The van der Waals surface area contributed by atoms with Gasteiger partial charge in [0, 0.05) is 20.6 Å². The summed E-state index contributed by atoms with van der Waals surface area (Å²) in [6.07, 6.45) is 7.46. The van der Waals surface area contributed by atoms with Gasteiger partial charge in [-0.1, -0.05) is 23.8 Å². The summed E-state index contributed by atoms with van der Waals surface area (Å²) in [7, 11) is -1.31. The summed E-state index contributed by atoms with van der Waals surface area (Å²) < 4.78 is 40.9. The SMILES string of the molecule is CN(C)S(=O)(=O)N(CC(=O)NCCC1=CCCCC1)c1ccccc1F. The Balaban J connectivity index is 2.05. The Bertz CT molecular complexity index is 763. The molecule has 1 N–H and O–H groups in total. The molecule has 0 atom stereocenters. The molecule has 0 saturated carbocycles. The van der Waals surface area contributed by atoms with Gasteiger partial charge in [0.05, 0.1) is 5.69 Å². The smallest absolute Gasteiger partial charge is 0.304 e. The highest BCUT2D eigenvalue weighted by Gasteiger charge is 2.29. The molecule has 6 nitrogen and oxygen atoms in total. The first-order valence-corrected chi connectivity index (χ1v) is 10.1. The second-order valence-corrected chi connectivity index (χ2v) is 8.52. The van der Waals surface area contributed by atoms with Gasteiger partial charge in [0.25, 0.3) is 0 Å². The number of carbonyl (C=O) groups is 1. The number of halogens is 1. The molecule has 0 spiro atoms. The minimum atomic E-state index is -4.00. The molecule has 144 valence electrons. The minimum Gasteiger partial charge on any atom is -0.354 e. The van der Waals surface area contributed by atoms with Crippen molar-refractivity contribution in [2.75, 3.05) is 31.5 Å². The predicted molar refractivity (Wildman–Crippen MR) is 101 cm³/mol. The summed E-state index contributed by atoms with van der Waals surface area (Å²) in [5, 5.41) is 2.73. The van der Waals surface area contributed by atoms with Gasteiger partial charge in [0.2, 0.25) is 5.91 Å². The summed E-state index contributed by atoms with van der Waals surface area (Å²) in [6.45, 7) is -0.0295. The highest BCUT2D eigenvalue weighted by molar-refractivity contribution is 7.90. The first kappa shape index (κ1) is 20.4. The molecular formula is C18H26FN3O3S. The van der Waals surface area contributed by atoms with Gasteiger partial charge >= 0.3 is 10.2 Å². The highest BCUT2D eigenvalue weighted by Crippen LogP contribution is 2.23. The number of nitrogens with zero attached hydrogens (tertiary/aromatic N) is 2. The van der Waals surface area contributed by atoms with E-state index < -0.39 is 28.5 Å². The van der Waals surface area contributed by atoms with E-state index in [1.54, 1.807) is 0 Å². The maximum Gasteiger partial charge on any atom is 0.304 e. The van der Waals surface area contributed by atoms with Gasteiger partial charge in [0.15, 0.2) is 0 Å². The molecule has 1 amide bonds. The second-order valence-electron chi connectivity index (χ2n) is 6.46. The zero-order chi connectivity index (χ0) is 19.2. The van der Waals surface area contributed by atoms with Gasteiger partial charge in [-0.3, -0.25) is 4.79 Å². The zero-order valence-corrected chi connectivity index (χ0v) is 16.1. The molecule has 26 heavy (non-hydrogen) atoms. The molecular weight excluding hydrogens is 357 g/mol. The molecule has 0 saturated heterocycles. The molecule has 1 aliphatic rings. The lowest BCUT2D eigenvalue weighted by Crippen LogP contribution is -2.46. The fourth-order valence-corrected chi connectivity index (χ4v) is 3.89. The summed E-state index contributed by atoms with van der Waals surface area (Å²) in [5.74, 6) is -1.16. The van der Waals surface area contributed by atoms with Gasteiger partial charge in [-0.05, 0) is 44.2 Å². The molecule has 0 unspecified atom stereocenters. The normalized spacial score (nSPS) is 14.8. The molecule has 1 aromatic carbocycles. The Labute approximate surface area is 154 Å². The van der Waals surface area contributed by atoms with Crippen molar-refractivity contribution in [2.45, 2.75) is 32.1 Å². The Morgan fingerprint density at radius 2 is 1.96 bits per heavy atom. The van der Waals surface area contributed by atoms with E-state index in [0.29, 0.717) is 6.54 Å². The quantitative estimate of drug-likeness (QED) is 0.701. The predicted octanol–water partition coefficient (Wildman–Crippen LogP) is 2.45. The van der Waals surface area contributed by atoms with Crippen LogP contribution in [0.3, 0.4) is 0 Å². The number of hydrogen-bond donors (Lipinski definition) is 1. The molecule has 0 aliphatic heterocycles. The standard InChI is InChI=1S/C18H26FN3O3S/c1-21(2)26(24,25)22(17-11-7-6-10-16(17)19)14-18(23)20-13-12-15-8-4-3-5-9-15/h6-8,10-11H,3-5,9,12-14H2,1-2H3,(H,20,23). The number of amides is 1. The van der Waals surface area contributed by atoms with Crippen molar-refractivity contribution in [3.8, 4) is 0 Å². The first-order chi connectivity index (χ1) is 12.3. The van der Waals surface area contributed by atoms with Crippen LogP contribution in [0.15, 0.2) is 35.9 Å². The van der Waals surface area contributed by atoms with Crippen LogP contribution < -0.4 is 9.62 Å². The lowest BCUT2D eigenvalue weighted by molar-refractivity contribution is -0.119. The van der Waals surface area contributed by atoms with Gasteiger partial charge in [-0.25, -0.2) is 8.70 Å². The van der Waals surface area contributed by atoms with E-state index in [0.717, 1.165) is 27.9 Å². The number of para-hydroxylation sites is 1. The zero-order valence-electron chi connectivity index (χ0n) is 15.2. The number of benzene rings is 1. The van der Waals surface area contributed by atoms with Crippen molar-refractivity contribution < 1.29 is 17.6 Å². The molecule has 2 rings (SSSR count). The van der Waals surface area contributed by atoms with Crippen LogP contribution in [-0.4, -0.2) is 45.8 Å². The van der Waals surface area contributed by atoms with Crippen LogP contribution in [-0.2, 0) is 15.0 Å². The van der Waals surface area contributed by atoms with Crippen LogP contribution in [0.1, 0.15) is 32.1 Å². The Hall–Kier alpha value is -1.93. The molecule has 8 heteroatoms. The molecule has 0 fully saturated rings. The Morgan fingerprint density at radius 1 is 1.23 bits per heavy atom. The summed E-state index contributed by atoms with van der Waals surface area (Å²) in [5.41, 5.74) is 1.18. The van der Waals surface area contributed by atoms with Crippen LogP contribution in [0.4, 0.5) is 10.1 Å². The van der Waals surface area contributed by atoms with E-state index >= 15 is 0 Å². The first-order valence-electron chi connectivity index (χ1n) is 8.71. The number of nitrogens with one attached hydrogen (secondary N) is 1. The average molecular weight is 383 g/mol. The second kappa shape index (κ2) is 9.14. The lowest BCUT2D eigenvalue weighted by Gasteiger charge is -2.27. The number of allylic oxidation sites excluding steroid dienone is 1. The Kier molecular flexibility index (Phi) is 7.16. The van der Waals surface area contributed by atoms with Crippen LogP contribution in [0.2, 0.25) is 0 Å². The maximum atomic E-state index is 14.1. The number of rotatable bonds is 8. The van der Waals surface area contributed by atoms with Crippen LogP contribution in [0.25, 0.3) is 0 Å². The Morgan fingerprint density at radius 3 is 2.58 bits per heavy atom. The summed E-state index contributed by atoms with van der Waals surface area (Å²) in [6, 6.07) is 5.51. The van der Waals surface area contributed by atoms with Crippen molar-refractivity contribution in [2.24, 2.45) is 0 Å². The van der Waals surface area contributed by atoms with E-state index in [9.17, 15) is 17.6 Å². The number of hydrogen-bond acceptors (Lipinski definition) is 3. The van der Waals surface area contributed by atoms with Crippen LogP contribution in [0, 0.1) is 5.82 Å². The van der Waals surface area contributed by atoms with E-state index in [1.807, 2.05) is 0 Å². The lowest BCUT2D eigenvalue weighted by atomic mass is 9.97. The van der Waals surface area contributed by atoms with E-state index in [4.69, 9.17) is 0 Å². The van der Waals surface area contributed by atoms with Crippen molar-refractivity contribution in [3.63, 3.8) is 0 Å². The summed E-state index contributed by atoms with van der Waals surface area (Å²) in [4.78, 5) is 12.3. The molecule has 1 aliphatic carbocycles. The van der Waals surface area contributed by atoms with Gasteiger partial charge < -0.3 is 5.32 Å². The van der Waals surface area contributed by atoms with Crippen molar-refractivity contribution in [1.82, 2.24) is 9.62 Å². The average Bonchev–Trinajstić information content (AvgIpc) is 2.61. The molecule has 0 aromatic heterocycles. The minimum absolute atomic E-state index is 0.147. The third-order valence-electron chi connectivity index (χ3n) is 4.30. The molecule has 0 bridgehead atoms. The highest BCUT2D eigenvalue weighted by atomic mass is 32.2. The molecule has 0 heterocycles. The summed E-state index contributed by atoms with van der Waals surface area (Å²) >= 11 is 0. The molecule has 1 aromatic rings. The van der Waals surface area contributed by atoms with Gasteiger partial charge in [-0.2, -0.15) is 12.7 Å². The fraction of sp³-hybridized carbons (Fsp3) is 0.500. The monoisotopic (exact) mass is 383 g/mol. The fourth-order valence-electron chi connectivity index (χ4n) is 2.82. The van der Waals surface area contributed by atoms with Gasteiger partial charge in [0.1, 0.15) is 12.4 Å². The number of carbonyl (C=O) groups excluding carboxylic acids is 1. The third-order valence-corrected chi connectivity index (χ3v) is 6.11. The molecule has 0 radical (unpaired) electrons. The van der Waals surface area contributed by atoms with E-state index in [2.05, 4.69) is 11.4 Å². The van der Waals surface area contributed by atoms with Gasteiger partial charge in [-0.15, -0.1) is 0 Å². The van der Waals surface area contributed by atoms with Crippen molar-refractivity contribution >= 4 is 21.8 Å². The largest absolute Gasteiger partial charge is 0.354 e. The number of anilines is 1. The maximum absolute atomic E-state index is 14.1. The third kappa shape index (κ3) is 5.28. The van der Waals surface area contributed by atoms with Crippen molar-refractivity contribution in [1.29, 1.82) is 0 Å². The van der Waals surface area contributed by atoms with Crippen LogP contribution >= 0.6 is 0 Å². The van der Waals surface area contributed by atoms with E-state index in [1.165, 1.54) is 56.8 Å². The van der Waals surface area contributed by atoms with Crippen molar-refractivity contribution in [3.05, 3.63) is 41.7 Å².